The summed E-state index contributed by atoms with van der Waals surface area (Å²) < 4.78 is 2.21. The van der Waals surface area contributed by atoms with Gasteiger partial charge in [0.2, 0.25) is 0 Å². The normalized spacial score (nSPS) is 13.3. The van der Waals surface area contributed by atoms with Crippen molar-refractivity contribution in [3.63, 3.8) is 0 Å². The second kappa shape index (κ2) is 6.93. The van der Waals surface area contributed by atoms with Gasteiger partial charge in [0.25, 0.3) is 0 Å². The lowest BCUT2D eigenvalue weighted by atomic mass is 10.0. The average molecular weight is 251 g/mol. The molecule has 3 nitrogen and oxygen atoms in total. The summed E-state index contributed by atoms with van der Waals surface area (Å²) in [6, 6.07) is 0.847. The lowest BCUT2D eigenvalue weighted by Crippen LogP contribution is -2.21. The van der Waals surface area contributed by atoms with E-state index in [9.17, 15) is 0 Å². The highest BCUT2D eigenvalue weighted by Gasteiger charge is 2.21. The maximum absolute atomic E-state index is 4.80. The largest absolute Gasteiger partial charge is 0.310 e. The standard InChI is InChI=1S/C15H29N3/c1-7-10-16-12(6)15-13(8-2)17-18(11(4)5)14(15)9-3/h11-12,16H,7-10H2,1-6H3. The van der Waals surface area contributed by atoms with Crippen LogP contribution in [0.15, 0.2) is 0 Å². The van der Waals surface area contributed by atoms with E-state index in [2.05, 4.69) is 51.5 Å². The first-order valence-corrected chi connectivity index (χ1v) is 7.40. The summed E-state index contributed by atoms with van der Waals surface area (Å²) in [5.74, 6) is 0. The zero-order valence-corrected chi connectivity index (χ0v) is 12.9. The Morgan fingerprint density at radius 1 is 1.11 bits per heavy atom. The summed E-state index contributed by atoms with van der Waals surface area (Å²) in [7, 11) is 0. The van der Waals surface area contributed by atoms with E-state index < -0.39 is 0 Å². The van der Waals surface area contributed by atoms with Crippen LogP contribution in [0.3, 0.4) is 0 Å². The van der Waals surface area contributed by atoms with Crippen LogP contribution in [0.2, 0.25) is 0 Å². The Balaban J connectivity index is 3.13. The van der Waals surface area contributed by atoms with Crippen LogP contribution in [0.4, 0.5) is 0 Å². The molecule has 0 aliphatic heterocycles. The third kappa shape index (κ3) is 3.14. The Morgan fingerprint density at radius 3 is 2.22 bits per heavy atom. The van der Waals surface area contributed by atoms with Crippen molar-refractivity contribution in [1.82, 2.24) is 15.1 Å². The molecular formula is C15H29N3. The fourth-order valence-corrected chi connectivity index (χ4v) is 2.54. The van der Waals surface area contributed by atoms with Crippen LogP contribution in [0.1, 0.15) is 77.0 Å². The van der Waals surface area contributed by atoms with Gasteiger partial charge in [-0.05, 0) is 46.6 Å². The van der Waals surface area contributed by atoms with Crippen molar-refractivity contribution >= 4 is 0 Å². The van der Waals surface area contributed by atoms with Gasteiger partial charge in [0, 0.05) is 23.3 Å². The van der Waals surface area contributed by atoms with Crippen molar-refractivity contribution in [3.05, 3.63) is 17.0 Å². The third-order valence-corrected chi connectivity index (χ3v) is 3.42. The van der Waals surface area contributed by atoms with Crippen LogP contribution in [0, 0.1) is 0 Å². The maximum atomic E-state index is 4.80. The molecule has 1 atom stereocenters. The average Bonchev–Trinajstić information content (AvgIpc) is 2.74. The van der Waals surface area contributed by atoms with E-state index in [-0.39, 0.29) is 0 Å². The van der Waals surface area contributed by atoms with Gasteiger partial charge < -0.3 is 5.32 Å². The van der Waals surface area contributed by atoms with Crippen molar-refractivity contribution in [2.45, 2.75) is 72.9 Å². The quantitative estimate of drug-likeness (QED) is 0.801. The highest BCUT2D eigenvalue weighted by Crippen LogP contribution is 2.25. The van der Waals surface area contributed by atoms with Crippen molar-refractivity contribution in [2.75, 3.05) is 6.54 Å². The lowest BCUT2D eigenvalue weighted by Gasteiger charge is -2.17. The first kappa shape index (κ1) is 15.2. The SMILES string of the molecule is CCCNC(C)c1c(CC)nn(C(C)C)c1CC. The fourth-order valence-electron chi connectivity index (χ4n) is 2.54. The zero-order valence-electron chi connectivity index (χ0n) is 12.9. The van der Waals surface area contributed by atoms with Gasteiger partial charge >= 0.3 is 0 Å². The summed E-state index contributed by atoms with van der Waals surface area (Å²) in [6.07, 6.45) is 3.24. The van der Waals surface area contributed by atoms with Crippen LogP contribution in [0.5, 0.6) is 0 Å². The van der Waals surface area contributed by atoms with E-state index in [1.54, 1.807) is 0 Å². The molecular weight excluding hydrogens is 222 g/mol. The molecule has 1 heterocycles. The molecule has 0 fully saturated rings. The molecule has 1 aromatic heterocycles. The molecule has 104 valence electrons. The molecule has 1 unspecified atom stereocenters. The topological polar surface area (TPSA) is 29.9 Å². The lowest BCUT2D eigenvalue weighted by molar-refractivity contribution is 0.503. The van der Waals surface area contributed by atoms with Crippen molar-refractivity contribution in [2.24, 2.45) is 0 Å². The molecule has 18 heavy (non-hydrogen) atoms. The number of aromatic nitrogens is 2. The Labute approximate surface area is 112 Å². The van der Waals surface area contributed by atoms with Gasteiger partial charge in [-0.2, -0.15) is 5.10 Å². The fraction of sp³-hybridized carbons (Fsp3) is 0.800. The van der Waals surface area contributed by atoms with Crippen LogP contribution in [-0.2, 0) is 12.8 Å². The minimum atomic E-state index is 0.405. The van der Waals surface area contributed by atoms with Gasteiger partial charge in [-0.15, -0.1) is 0 Å². The van der Waals surface area contributed by atoms with Gasteiger partial charge in [-0.3, -0.25) is 4.68 Å². The summed E-state index contributed by atoms with van der Waals surface area (Å²) in [5.41, 5.74) is 4.09. The Kier molecular flexibility index (Phi) is 5.86. The number of hydrogen-bond acceptors (Lipinski definition) is 2. The monoisotopic (exact) mass is 251 g/mol. The molecule has 0 aliphatic rings. The molecule has 0 amide bonds. The van der Waals surface area contributed by atoms with Crippen molar-refractivity contribution < 1.29 is 0 Å². The third-order valence-electron chi connectivity index (χ3n) is 3.42. The van der Waals surface area contributed by atoms with Crippen molar-refractivity contribution in [3.8, 4) is 0 Å². The molecule has 1 N–H and O–H groups in total. The van der Waals surface area contributed by atoms with E-state index in [4.69, 9.17) is 5.10 Å². The first-order valence-electron chi connectivity index (χ1n) is 7.40. The number of hydrogen-bond donors (Lipinski definition) is 1. The Bertz CT molecular complexity index is 366. The molecule has 0 radical (unpaired) electrons. The highest BCUT2D eigenvalue weighted by atomic mass is 15.3. The van der Waals surface area contributed by atoms with Crippen LogP contribution < -0.4 is 5.32 Å². The molecule has 0 saturated heterocycles. The molecule has 0 saturated carbocycles. The van der Waals surface area contributed by atoms with Gasteiger partial charge in [0.15, 0.2) is 0 Å². The molecule has 0 spiro atoms. The molecule has 0 aromatic carbocycles. The van der Waals surface area contributed by atoms with E-state index in [0.717, 1.165) is 19.4 Å². The van der Waals surface area contributed by atoms with E-state index in [1.807, 2.05) is 0 Å². The zero-order chi connectivity index (χ0) is 13.7. The van der Waals surface area contributed by atoms with E-state index in [1.165, 1.54) is 23.4 Å². The maximum Gasteiger partial charge on any atom is 0.0672 e. The van der Waals surface area contributed by atoms with Crippen LogP contribution in [0.25, 0.3) is 0 Å². The smallest absolute Gasteiger partial charge is 0.0672 e. The minimum absolute atomic E-state index is 0.405. The predicted octanol–water partition coefficient (Wildman–Crippen LogP) is 3.65. The highest BCUT2D eigenvalue weighted by molar-refractivity contribution is 5.30. The summed E-state index contributed by atoms with van der Waals surface area (Å²) in [6.45, 7) is 14.4. The van der Waals surface area contributed by atoms with Gasteiger partial charge in [-0.25, -0.2) is 0 Å². The molecule has 0 aliphatic carbocycles. The van der Waals surface area contributed by atoms with E-state index >= 15 is 0 Å². The van der Waals surface area contributed by atoms with E-state index in [0.29, 0.717) is 12.1 Å². The van der Waals surface area contributed by atoms with Crippen LogP contribution in [-0.4, -0.2) is 16.3 Å². The molecule has 3 heteroatoms. The van der Waals surface area contributed by atoms with Crippen LogP contribution >= 0.6 is 0 Å². The van der Waals surface area contributed by atoms with Gasteiger partial charge in [-0.1, -0.05) is 20.8 Å². The second-order valence-electron chi connectivity index (χ2n) is 5.23. The Hall–Kier alpha value is -0.830. The molecule has 1 rings (SSSR count). The number of nitrogens with one attached hydrogen (secondary N) is 1. The van der Waals surface area contributed by atoms with Gasteiger partial charge in [0.1, 0.15) is 0 Å². The van der Waals surface area contributed by atoms with Gasteiger partial charge in [0.05, 0.1) is 5.69 Å². The summed E-state index contributed by atoms with van der Waals surface area (Å²) >= 11 is 0. The first-order chi connectivity index (χ1) is 8.56. The number of nitrogens with zero attached hydrogens (tertiary/aromatic N) is 2. The molecule has 0 bridgehead atoms. The minimum Gasteiger partial charge on any atom is -0.310 e. The predicted molar refractivity (Wildman–Crippen MR) is 78.1 cm³/mol. The summed E-state index contributed by atoms with van der Waals surface area (Å²) in [4.78, 5) is 0. The second-order valence-corrected chi connectivity index (χ2v) is 5.23. The van der Waals surface area contributed by atoms with Crippen molar-refractivity contribution in [1.29, 1.82) is 0 Å². The number of aryl methyl sites for hydroxylation is 1. The summed E-state index contributed by atoms with van der Waals surface area (Å²) in [5, 5.41) is 8.40. The number of rotatable bonds is 7. The Morgan fingerprint density at radius 2 is 1.78 bits per heavy atom. The molecule has 1 aromatic rings.